The number of hydrogen-bond acceptors (Lipinski definition) is 5. The lowest BCUT2D eigenvalue weighted by Crippen LogP contribution is -2.58. The van der Waals surface area contributed by atoms with E-state index in [9.17, 15) is 9.59 Å². The molecule has 2 aromatic heterocycles. The van der Waals surface area contributed by atoms with E-state index in [4.69, 9.17) is 0 Å². The number of aromatic nitrogens is 2. The summed E-state index contributed by atoms with van der Waals surface area (Å²) in [4.78, 5) is 35.5. The Labute approximate surface area is 208 Å². The van der Waals surface area contributed by atoms with E-state index in [-0.39, 0.29) is 23.3 Å². The second kappa shape index (κ2) is 10.3. The lowest BCUT2D eigenvalue weighted by molar-refractivity contribution is 0.0226. The highest BCUT2D eigenvalue weighted by molar-refractivity contribution is 5.95. The summed E-state index contributed by atoms with van der Waals surface area (Å²) in [5, 5.41) is 6.52. The number of fused-ring (bicyclic) bond motifs is 1. The van der Waals surface area contributed by atoms with Crippen LogP contribution in [0.4, 0.5) is 0 Å². The quantitative estimate of drug-likeness (QED) is 0.598. The molecule has 2 aliphatic rings. The van der Waals surface area contributed by atoms with Crippen molar-refractivity contribution in [2.75, 3.05) is 40.4 Å². The first kappa shape index (κ1) is 25.1. The molecule has 2 amide bonds. The Bertz CT molecular complexity index is 1150. The predicted octanol–water partition coefficient (Wildman–Crippen LogP) is 2.94. The molecule has 35 heavy (non-hydrogen) atoms. The van der Waals surface area contributed by atoms with Crippen LogP contribution in [0.3, 0.4) is 0 Å². The molecule has 3 heterocycles. The Kier molecular flexibility index (Phi) is 7.42. The van der Waals surface area contributed by atoms with Crippen LogP contribution in [0.15, 0.2) is 48.2 Å². The molecule has 2 unspecified atom stereocenters. The molecule has 2 aromatic rings. The molecule has 0 bridgehead atoms. The third-order valence-corrected chi connectivity index (χ3v) is 7.16. The second-order valence-electron chi connectivity index (χ2n) is 10.7. The summed E-state index contributed by atoms with van der Waals surface area (Å²) in [5.74, 6) is 0.0264. The van der Waals surface area contributed by atoms with Gasteiger partial charge in [-0.15, -0.1) is 0 Å². The highest BCUT2D eigenvalue weighted by Gasteiger charge is 2.39. The number of allylic oxidation sites excluding steroid dienone is 3. The smallest absolute Gasteiger partial charge is 0.275 e. The summed E-state index contributed by atoms with van der Waals surface area (Å²) in [7, 11) is 3.94. The number of amides is 2. The minimum absolute atomic E-state index is 0.0605. The average Bonchev–Trinajstić information content (AvgIpc) is 3.26. The van der Waals surface area contributed by atoms with Crippen LogP contribution >= 0.6 is 0 Å². The van der Waals surface area contributed by atoms with E-state index in [1.165, 1.54) is 5.57 Å². The molecule has 0 aromatic carbocycles. The Balaban J connectivity index is 1.58. The first-order chi connectivity index (χ1) is 16.7. The maximum absolute atomic E-state index is 13.8. The molecule has 8 nitrogen and oxygen atoms in total. The van der Waals surface area contributed by atoms with Gasteiger partial charge in [0.2, 0.25) is 0 Å². The summed E-state index contributed by atoms with van der Waals surface area (Å²) in [6.07, 6.45) is 9.79. The van der Waals surface area contributed by atoms with E-state index in [1.807, 2.05) is 36.0 Å². The summed E-state index contributed by atoms with van der Waals surface area (Å²) < 4.78 is 1.73. The lowest BCUT2D eigenvalue weighted by Gasteiger charge is -2.46. The number of carbonyl (C=O) groups excluding carboxylic acids is 2. The van der Waals surface area contributed by atoms with Crippen molar-refractivity contribution in [1.29, 1.82) is 0 Å². The lowest BCUT2D eigenvalue weighted by atomic mass is 9.79. The predicted molar refractivity (Wildman–Crippen MR) is 138 cm³/mol. The van der Waals surface area contributed by atoms with Gasteiger partial charge in [-0.1, -0.05) is 43.7 Å². The van der Waals surface area contributed by atoms with Gasteiger partial charge in [0, 0.05) is 31.2 Å². The van der Waals surface area contributed by atoms with Crippen LogP contribution in [0.2, 0.25) is 0 Å². The van der Waals surface area contributed by atoms with Gasteiger partial charge in [-0.25, -0.2) is 4.98 Å². The number of imidazole rings is 1. The van der Waals surface area contributed by atoms with E-state index in [1.54, 1.807) is 16.7 Å². The van der Waals surface area contributed by atoms with Crippen molar-refractivity contribution in [3.05, 3.63) is 59.6 Å². The Morgan fingerprint density at radius 2 is 2.09 bits per heavy atom. The van der Waals surface area contributed by atoms with Crippen molar-refractivity contribution >= 4 is 17.5 Å². The first-order valence-electron chi connectivity index (χ1n) is 12.4. The standard InChI is InChI=1S/C27H38N6O2/c1-19-9-6-7-10-20(19)15-29-25(34)22-11-8-12-24-30-21(16-32(22)24)26(35)33(18-31(4)5)23-13-14-28-17-27(23,2)3/h6-9,11-12,16,20,23,28H,10,13-15,17-18H2,1-5H3,(H,29,34). The normalized spacial score (nSPS) is 21.7. The molecule has 0 radical (unpaired) electrons. The van der Waals surface area contributed by atoms with Crippen molar-refractivity contribution in [2.45, 2.75) is 39.7 Å². The summed E-state index contributed by atoms with van der Waals surface area (Å²) in [6, 6.07) is 5.51. The number of piperidine rings is 1. The monoisotopic (exact) mass is 478 g/mol. The topological polar surface area (TPSA) is 82.0 Å². The van der Waals surface area contributed by atoms with Gasteiger partial charge in [-0.05, 0) is 58.0 Å². The van der Waals surface area contributed by atoms with Crippen molar-refractivity contribution in [3.63, 3.8) is 0 Å². The largest absolute Gasteiger partial charge is 0.350 e. The van der Waals surface area contributed by atoms with Gasteiger partial charge in [0.05, 0.1) is 6.67 Å². The number of pyridine rings is 1. The van der Waals surface area contributed by atoms with E-state index in [0.717, 1.165) is 25.9 Å². The molecule has 188 valence electrons. The van der Waals surface area contributed by atoms with Crippen LogP contribution in [-0.2, 0) is 0 Å². The van der Waals surface area contributed by atoms with Gasteiger partial charge in [0.25, 0.3) is 11.8 Å². The van der Waals surface area contributed by atoms with E-state index >= 15 is 0 Å². The summed E-state index contributed by atoms with van der Waals surface area (Å²) in [5.41, 5.74) is 2.63. The van der Waals surface area contributed by atoms with Crippen molar-refractivity contribution in [3.8, 4) is 0 Å². The molecule has 4 rings (SSSR count). The summed E-state index contributed by atoms with van der Waals surface area (Å²) >= 11 is 0. The SMILES string of the molecule is CC1=CC=CCC1CNC(=O)c1cccc2nc(C(=O)N(CN(C)C)C3CCNCC3(C)C)cn12. The highest BCUT2D eigenvalue weighted by atomic mass is 16.2. The zero-order valence-electron chi connectivity index (χ0n) is 21.5. The van der Waals surface area contributed by atoms with Crippen LogP contribution in [0.1, 0.15) is 54.6 Å². The van der Waals surface area contributed by atoms with Crippen molar-refractivity contribution < 1.29 is 9.59 Å². The molecule has 1 saturated heterocycles. The zero-order chi connectivity index (χ0) is 25.2. The fourth-order valence-corrected chi connectivity index (χ4v) is 5.13. The van der Waals surface area contributed by atoms with Crippen LogP contribution in [0.25, 0.3) is 5.65 Å². The van der Waals surface area contributed by atoms with Gasteiger partial charge >= 0.3 is 0 Å². The average molecular weight is 479 g/mol. The summed E-state index contributed by atoms with van der Waals surface area (Å²) in [6.45, 7) is 9.32. The third kappa shape index (κ3) is 5.49. The molecule has 1 aliphatic heterocycles. The maximum atomic E-state index is 13.8. The first-order valence-corrected chi connectivity index (χ1v) is 12.4. The van der Waals surface area contributed by atoms with E-state index in [0.29, 0.717) is 36.2 Å². The minimum atomic E-state index is -0.168. The van der Waals surface area contributed by atoms with Gasteiger partial charge < -0.3 is 15.5 Å². The number of rotatable bonds is 7. The number of nitrogens with zero attached hydrogens (tertiary/aromatic N) is 4. The maximum Gasteiger partial charge on any atom is 0.275 e. The van der Waals surface area contributed by atoms with Crippen LogP contribution < -0.4 is 10.6 Å². The fourth-order valence-electron chi connectivity index (χ4n) is 5.13. The Morgan fingerprint density at radius 3 is 2.80 bits per heavy atom. The number of hydrogen-bond donors (Lipinski definition) is 2. The molecule has 0 spiro atoms. The molecule has 0 saturated carbocycles. The van der Waals surface area contributed by atoms with Crippen LogP contribution in [-0.4, -0.2) is 77.4 Å². The van der Waals surface area contributed by atoms with Crippen molar-refractivity contribution in [1.82, 2.24) is 29.8 Å². The Hall–Kier alpha value is -2.97. The molecule has 1 fully saturated rings. The molecular weight excluding hydrogens is 440 g/mol. The second-order valence-corrected chi connectivity index (χ2v) is 10.7. The number of nitrogens with one attached hydrogen (secondary N) is 2. The zero-order valence-corrected chi connectivity index (χ0v) is 21.5. The third-order valence-electron chi connectivity index (χ3n) is 7.16. The Morgan fingerprint density at radius 1 is 1.29 bits per heavy atom. The van der Waals surface area contributed by atoms with E-state index < -0.39 is 0 Å². The van der Waals surface area contributed by atoms with Gasteiger partial charge in [-0.3, -0.25) is 18.9 Å². The fraction of sp³-hybridized carbons (Fsp3) is 0.519. The molecule has 8 heteroatoms. The number of carbonyl (C=O) groups is 2. The minimum Gasteiger partial charge on any atom is -0.350 e. The molecule has 1 aliphatic carbocycles. The van der Waals surface area contributed by atoms with Gasteiger partial charge in [0.1, 0.15) is 17.0 Å². The van der Waals surface area contributed by atoms with Gasteiger partial charge in [-0.2, -0.15) is 0 Å². The van der Waals surface area contributed by atoms with Crippen LogP contribution in [0, 0.1) is 11.3 Å². The van der Waals surface area contributed by atoms with E-state index in [2.05, 4.69) is 54.6 Å². The molecule has 2 atom stereocenters. The van der Waals surface area contributed by atoms with Crippen molar-refractivity contribution in [2.24, 2.45) is 11.3 Å². The molecule has 2 N–H and O–H groups in total. The van der Waals surface area contributed by atoms with Gasteiger partial charge in [0.15, 0.2) is 0 Å². The highest BCUT2D eigenvalue weighted by Crippen LogP contribution is 2.31. The molecular formula is C27H38N6O2. The van der Waals surface area contributed by atoms with Crippen LogP contribution in [0.5, 0.6) is 0 Å².